The van der Waals surface area contributed by atoms with Crippen molar-refractivity contribution in [2.24, 2.45) is 11.5 Å². The van der Waals surface area contributed by atoms with Crippen LogP contribution in [-0.4, -0.2) is 87.7 Å². The maximum absolute atomic E-state index is 12.7. The summed E-state index contributed by atoms with van der Waals surface area (Å²) in [6.07, 6.45) is 1.05. The predicted octanol–water partition coefficient (Wildman–Crippen LogP) is -2.33. The standard InChI is InChI=1S/C18H31N5O8S2/c1-33-7-6-10(21-15(27)9(19)2-5-14(25)26)16(28)23-12(8-32)17(29)22-11(18(30)31)3-4-13(20)24/h9-12,32H,2-8,19H2,1H3,(H2,20,24)(H,21,27)(H,22,29)(H,23,28)(H,25,26)(H,30,31). The predicted molar refractivity (Wildman–Crippen MR) is 124 cm³/mol. The number of aliphatic carboxylic acids is 2. The number of rotatable bonds is 17. The third-order valence-electron chi connectivity index (χ3n) is 4.36. The van der Waals surface area contributed by atoms with Gasteiger partial charge in [-0.2, -0.15) is 24.4 Å². The number of carbonyl (C=O) groups excluding carboxylic acids is 4. The van der Waals surface area contributed by atoms with E-state index in [0.717, 1.165) is 0 Å². The molecule has 0 aliphatic carbocycles. The van der Waals surface area contributed by atoms with Crippen LogP contribution >= 0.6 is 24.4 Å². The minimum absolute atomic E-state index is 0.123. The molecule has 0 aromatic carbocycles. The molecule has 33 heavy (non-hydrogen) atoms. The summed E-state index contributed by atoms with van der Waals surface area (Å²) in [5, 5.41) is 25.0. The number of thioether (sulfide) groups is 1. The Morgan fingerprint density at radius 3 is 1.88 bits per heavy atom. The average Bonchev–Trinajstić information content (AvgIpc) is 2.74. The van der Waals surface area contributed by atoms with Crippen molar-refractivity contribution in [3.63, 3.8) is 0 Å². The number of hydrogen-bond acceptors (Lipinski definition) is 9. The number of carbonyl (C=O) groups is 6. The highest BCUT2D eigenvalue weighted by atomic mass is 32.2. The highest BCUT2D eigenvalue weighted by Crippen LogP contribution is 2.05. The van der Waals surface area contributed by atoms with E-state index in [9.17, 15) is 33.9 Å². The zero-order valence-corrected chi connectivity index (χ0v) is 19.8. The summed E-state index contributed by atoms with van der Waals surface area (Å²) < 4.78 is 0. The molecule has 188 valence electrons. The molecule has 0 spiro atoms. The molecule has 4 unspecified atom stereocenters. The summed E-state index contributed by atoms with van der Waals surface area (Å²) in [5.74, 6) is -5.22. The van der Waals surface area contributed by atoms with E-state index in [2.05, 4.69) is 28.6 Å². The summed E-state index contributed by atoms with van der Waals surface area (Å²) in [6.45, 7) is 0. The third kappa shape index (κ3) is 12.9. The summed E-state index contributed by atoms with van der Waals surface area (Å²) in [5.41, 5.74) is 10.7. The van der Waals surface area contributed by atoms with Gasteiger partial charge in [-0.1, -0.05) is 0 Å². The van der Waals surface area contributed by atoms with Gasteiger partial charge in [0.05, 0.1) is 6.04 Å². The van der Waals surface area contributed by atoms with Crippen LogP contribution < -0.4 is 27.4 Å². The second kappa shape index (κ2) is 16.1. The first-order valence-electron chi connectivity index (χ1n) is 9.92. The molecule has 0 aromatic rings. The second-order valence-electron chi connectivity index (χ2n) is 7.03. The van der Waals surface area contributed by atoms with Gasteiger partial charge in [-0.15, -0.1) is 0 Å². The van der Waals surface area contributed by atoms with Crippen molar-refractivity contribution < 1.29 is 39.0 Å². The highest BCUT2D eigenvalue weighted by molar-refractivity contribution is 7.98. The fourth-order valence-electron chi connectivity index (χ4n) is 2.48. The first kappa shape index (κ1) is 30.5. The van der Waals surface area contributed by atoms with E-state index in [1.165, 1.54) is 11.8 Å². The Hall–Kier alpha value is -2.52. The van der Waals surface area contributed by atoms with Crippen molar-refractivity contribution in [2.45, 2.75) is 56.3 Å². The van der Waals surface area contributed by atoms with E-state index in [1.54, 1.807) is 6.26 Å². The van der Waals surface area contributed by atoms with E-state index in [-0.39, 0.29) is 37.9 Å². The normalized spacial score (nSPS) is 14.3. The molecular formula is C18H31N5O8S2. The number of thiol groups is 1. The number of primary amides is 1. The Labute approximate surface area is 200 Å². The molecule has 0 radical (unpaired) electrons. The van der Waals surface area contributed by atoms with Crippen molar-refractivity contribution in [1.29, 1.82) is 0 Å². The van der Waals surface area contributed by atoms with Crippen LogP contribution in [0.25, 0.3) is 0 Å². The Morgan fingerprint density at radius 2 is 1.39 bits per heavy atom. The number of carboxylic acids is 2. The van der Waals surface area contributed by atoms with E-state index in [4.69, 9.17) is 16.6 Å². The average molecular weight is 510 g/mol. The molecule has 0 saturated carbocycles. The minimum atomic E-state index is -1.40. The Kier molecular flexibility index (Phi) is 14.9. The molecule has 0 saturated heterocycles. The molecule has 4 amide bonds. The van der Waals surface area contributed by atoms with Crippen LogP contribution in [0.3, 0.4) is 0 Å². The van der Waals surface area contributed by atoms with E-state index in [1.807, 2.05) is 0 Å². The maximum Gasteiger partial charge on any atom is 0.326 e. The van der Waals surface area contributed by atoms with Crippen molar-refractivity contribution >= 4 is 60.0 Å². The third-order valence-corrected chi connectivity index (χ3v) is 5.37. The summed E-state index contributed by atoms with van der Waals surface area (Å²) in [6, 6.07) is -4.84. The maximum atomic E-state index is 12.7. The molecule has 0 aliphatic rings. The topological polar surface area (TPSA) is 231 Å². The van der Waals surface area contributed by atoms with Gasteiger partial charge in [0, 0.05) is 18.6 Å². The van der Waals surface area contributed by atoms with E-state index < -0.39 is 59.7 Å². The molecular weight excluding hydrogens is 478 g/mol. The van der Waals surface area contributed by atoms with Crippen molar-refractivity contribution in [1.82, 2.24) is 16.0 Å². The van der Waals surface area contributed by atoms with Crippen molar-refractivity contribution in [2.75, 3.05) is 17.8 Å². The zero-order chi connectivity index (χ0) is 25.6. The van der Waals surface area contributed by atoms with Crippen LogP contribution in [0.4, 0.5) is 0 Å². The Balaban J connectivity index is 5.18. The molecule has 0 bridgehead atoms. The van der Waals surface area contributed by atoms with Gasteiger partial charge in [0.15, 0.2) is 0 Å². The Bertz CT molecular complexity index is 724. The molecule has 4 atom stereocenters. The zero-order valence-electron chi connectivity index (χ0n) is 18.1. The van der Waals surface area contributed by atoms with Gasteiger partial charge in [-0.3, -0.25) is 24.0 Å². The van der Waals surface area contributed by atoms with Crippen LogP contribution in [0.15, 0.2) is 0 Å². The number of amides is 4. The molecule has 9 N–H and O–H groups in total. The summed E-state index contributed by atoms with van der Waals surface area (Å²) >= 11 is 5.42. The second-order valence-corrected chi connectivity index (χ2v) is 8.38. The van der Waals surface area contributed by atoms with Gasteiger partial charge in [0.2, 0.25) is 23.6 Å². The number of carboxylic acid groups (broad SMARTS) is 2. The molecule has 15 heteroatoms. The van der Waals surface area contributed by atoms with E-state index in [0.29, 0.717) is 5.75 Å². The lowest BCUT2D eigenvalue weighted by Gasteiger charge is -2.24. The largest absolute Gasteiger partial charge is 0.481 e. The van der Waals surface area contributed by atoms with Crippen LogP contribution in [0.5, 0.6) is 0 Å². The van der Waals surface area contributed by atoms with Gasteiger partial charge in [0.1, 0.15) is 18.1 Å². The number of nitrogens with two attached hydrogens (primary N) is 2. The van der Waals surface area contributed by atoms with E-state index >= 15 is 0 Å². The lowest BCUT2D eigenvalue weighted by atomic mass is 10.1. The molecule has 0 heterocycles. The molecule has 0 aromatic heterocycles. The van der Waals surface area contributed by atoms with Gasteiger partial charge < -0.3 is 37.6 Å². The van der Waals surface area contributed by atoms with Gasteiger partial charge in [-0.25, -0.2) is 4.79 Å². The molecule has 0 rings (SSSR count). The first-order valence-corrected chi connectivity index (χ1v) is 11.9. The smallest absolute Gasteiger partial charge is 0.326 e. The quantitative estimate of drug-likeness (QED) is 0.0974. The Morgan fingerprint density at radius 1 is 0.848 bits per heavy atom. The fourth-order valence-corrected chi connectivity index (χ4v) is 3.20. The highest BCUT2D eigenvalue weighted by Gasteiger charge is 2.29. The summed E-state index contributed by atoms with van der Waals surface area (Å²) in [4.78, 5) is 70.3. The minimum Gasteiger partial charge on any atom is -0.481 e. The first-order chi connectivity index (χ1) is 15.4. The van der Waals surface area contributed by atoms with Crippen LogP contribution in [0.1, 0.15) is 32.1 Å². The van der Waals surface area contributed by atoms with Gasteiger partial charge in [0.25, 0.3) is 0 Å². The number of nitrogens with one attached hydrogen (secondary N) is 3. The van der Waals surface area contributed by atoms with Gasteiger partial charge in [-0.05, 0) is 31.3 Å². The number of hydrogen-bond donors (Lipinski definition) is 8. The van der Waals surface area contributed by atoms with Crippen molar-refractivity contribution in [3.8, 4) is 0 Å². The monoisotopic (exact) mass is 509 g/mol. The lowest BCUT2D eigenvalue weighted by molar-refractivity contribution is -0.142. The van der Waals surface area contributed by atoms with Gasteiger partial charge >= 0.3 is 11.9 Å². The van der Waals surface area contributed by atoms with Crippen LogP contribution in [0.2, 0.25) is 0 Å². The molecule has 0 fully saturated rings. The SMILES string of the molecule is CSCCC(NC(=O)C(N)CCC(=O)O)C(=O)NC(CS)C(=O)NC(CCC(N)=O)C(=O)O. The molecule has 13 nitrogen and oxygen atoms in total. The molecule has 0 aliphatic heterocycles. The van der Waals surface area contributed by atoms with Crippen molar-refractivity contribution in [3.05, 3.63) is 0 Å². The van der Waals surface area contributed by atoms with Crippen LogP contribution in [0, 0.1) is 0 Å². The summed E-state index contributed by atoms with van der Waals surface area (Å²) in [7, 11) is 0. The fraction of sp³-hybridized carbons (Fsp3) is 0.667. The van der Waals surface area contributed by atoms with Crippen LogP contribution in [-0.2, 0) is 28.8 Å². The lowest BCUT2D eigenvalue weighted by Crippen LogP contribution is -2.57.